The Hall–Kier alpha value is -1.48. The lowest BCUT2D eigenvalue weighted by atomic mass is 9.93. The summed E-state index contributed by atoms with van der Waals surface area (Å²) in [6, 6.07) is 8.32. The third-order valence-corrected chi connectivity index (χ3v) is 4.53. The molecule has 4 heteroatoms. The first-order valence-corrected chi connectivity index (χ1v) is 7.91. The van der Waals surface area contributed by atoms with Crippen molar-refractivity contribution in [2.45, 2.75) is 45.0 Å². The molecule has 2 unspecified atom stereocenters. The van der Waals surface area contributed by atoms with Crippen molar-refractivity contribution in [1.82, 2.24) is 9.78 Å². The fourth-order valence-electron chi connectivity index (χ4n) is 3.28. The Kier molecular flexibility index (Phi) is 3.94. The Balaban J connectivity index is 1.90. The molecule has 3 rings (SSSR count). The van der Waals surface area contributed by atoms with E-state index >= 15 is 0 Å². The number of aromatic nitrogens is 2. The SMILES string of the molecule is Cc1nn(CC2CCOc3ccccc32)c(C)c1C(C)Cl. The first-order chi connectivity index (χ1) is 10.1. The standard InChI is InChI=1S/C17H21ClN2O/c1-11(18)17-12(2)19-20(13(17)3)10-14-8-9-21-16-7-5-4-6-15(14)16/h4-7,11,14H,8-10H2,1-3H3. The first kappa shape index (κ1) is 14.5. The predicted octanol–water partition coefficient (Wildman–Crippen LogP) is 4.37. The lowest BCUT2D eigenvalue weighted by Crippen LogP contribution is -2.19. The van der Waals surface area contributed by atoms with E-state index in [1.807, 2.05) is 19.9 Å². The lowest BCUT2D eigenvalue weighted by Gasteiger charge is -2.26. The number of aryl methyl sites for hydroxylation is 1. The van der Waals surface area contributed by atoms with Crippen LogP contribution >= 0.6 is 11.6 Å². The number of nitrogens with zero attached hydrogens (tertiary/aromatic N) is 2. The van der Waals surface area contributed by atoms with Crippen LogP contribution in [0.25, 0.3) is 0 Å². The number of para-hydroxylation sites is 1. The highest BCUT2D eigenvalue weighted by molar-refractivity contribution is 6.20. The molecule has 0 bridgehead atoms. The number of rotatable bonds is 3. The zero-order valence-electron chi connectivity index (χ0n) is 12.8. The lowest BCUT2D eigenvalue weighted by molar-refractivity contribution is 0.256. The van der Waals surface area contributed by atoms with Crippen molar-refractivity contribution in [2.75, 3.05) is 6.61 Å². The molecule has 21 heavy (non-hydrogen) atoms. The molecule has 0 aliphatic carbocycles. The molecule has 1 aliphatic heterocycles. The summed E-state index contributed by atoms with van der Waals surface area (Å²) in [6.07, 6.45) is 1.03. The summed E-state index contributed by atoms with van der Waals surface area (Å²) >= 11 is 6.28. The van der Waals surface area contributed by atoms with Gasteiger partial charge in [0.15, 0.2) is 0 Å². The van der Waals surface area contributed by atoms with E-state index in [4.69, 9.17) is 16.3 Å². The number of ether oxygens (including phenoxy) is 1. The van der Waals surface area contributed by atoms with Gasteiger partial charge in [0.25, 0.3) is 0 Å². The molecule has 0 spiro atoms. The van der Waals surface area contributed by atoms with Crippen molar-refractivity contribution < 1.29 is 4.74 Å². The van der Waals surface area contributed by atoms with E-state index in [0.717, 1.165) is 36.6 Å². The molecule has 3 nitrogen and oxygen atoms in total. The molecule has 0 fully saturated rings. The molecule has 0 amide bonds. The highest BCUT2D eigenvalue weighted by Crippen LogP contribution is 2.35. The van der Waals surface area contributed by atoms with Crippen LogP contribution in [-0.4, -0.2) is 16.4 Å². The molecule has 2 aromatic rings. The summed E-state index contributed by atoms with van der Waals surface area (Å²) in [4.78, 5) is 0. The number of alkyl halides is 1. The van der Waals surface area contributed by atoms with Gasteiger partial charge in [0, 0.05) is 23.7 Å². The molecule has 1 aromatic carbocycles. The van der Waals surface area contributed by atoms with Crippen LogP contribution in [0.2, 0.25) is 0 Å². The van der Waals surface area contributed by atoms with Gasteiger partial charge in [0.05, 0.1) is 17.7 Å². The minimum Gasteiger partial charge on any atom is -0.493 e. The molecule has 2 atom stereocenters. The Morgan fingerprint density at radius 1 is 1.38 bits per heavy atom. The topological polar surface area (TPSA) is 27.1 Å². The second kappa shape index (κ2) is 5.72. The second-order valence-electron chi connectivity index (χ2n) is 5.75. The summed E-state index contributed by atoms with van der Waals surface area (Å²) in [7, 11) is 0. The van der Waals surface area contributed by atoms with Gasteiger partial charge in [-0.2, -0.15) is 5.10 Å². The predicted molar refractivity (Wildman–Crippen MR) is 85.3 cm³/mol. The van der Waals surface area contributed by atoms with Crippen LogP contribution in [0.15, 0.2) is 24.3 Å². The zero-order chi connectivity index (χ0) is 15.0. The summed E-state index contributed by atoms with van der Waals surface area (Å²) < 4.78 is 7.85. The van der Waals surface area contributed by atoms with Gasteiger partial charge >= 0.3 is 0 Å². The van der Waals surface area contributed by atoms with E-state index in [9.17, 15) is 0 Å². The third kappa shape index (κ3) is 2.67. The largest absolute Gasteiger partial charge is 0.493 e. The molecule has 0 radical (unpaired) electrons. The van der Waals surface area contributed by atoms with Crippen molar-refractivity contribution in [3.8, 4) is 5.75 Å². The van der Waals surface area contributed by atoms with Crippen molar-refractivity contribution in [3.05, 3.63) is 46.8 Å². The van der Waals surface area contributed by atoms with E-state index in [0.29, 0.717) is 5.92 Å². The van der Waals surface area contributed by atoms with Crippen LogP contribution in [0, 0.1) is 13.8 Å². The average molecular weight is 305 g/mol. The van der Waals surface area contributed by atoms with Crippen molar-refractivity contribution in [1.29, 1.82) is 0 Å². The Labute approximate surface area is 130 Å². The monoisotopic (exact) mass is 304 g/mol. The van der Waals surface area contributed by atoms with Gasteiger partial charge in [0.1, 0.15) is 5.75 Å². The molecule has 0 saturated heterocycles. The molecule has 0 N–H and O–H groups in total. The summed E-state index contributed by atoms with van der Waals surface area (Å²) in [5, 5.41) is 4.69. The van der Waals surface area contributed by atoms with E-state index in [2.05, 4.69) is 34.9 Å². The van der Waals surface area contributed by atoms with E-state index < -0.39 is 0 Å². The van der Waals surface area contributed by atoms with Crippen molar-refractivity contribution in [2.24, 2.45) is 0 Å². The van der Waals surface area contributed by atoms with Crippen LogP contribution in [0.3, 0.4) is 0 Å². The molecule has 2 heterocycles. The molecule has 1 aliphatic rings. The smallest absolute Gasteiger partial charge is 0.122 e. The van der Waals surface area contributed by atoms with Gasteiger partial charge < -0.3 is 4.74 Å². The van der Waals surface area contributed by atoms with Gasteiger partial charge in [-0.15, -0.1) is 11.6 Å². The Morgan fingerprint density at radius 2 is 2.14 bits per heavy atom. The zero-order valence-corrected chi connectivity index (χ0v) is 13.5. The Bertz CT molecular complexity index is 648. The molecule has 0 saturated carbocycles. The maximum Gasteiger partial charge on any atom is 0.122 e. The van der Waals surface area contributed by atoms with Gasteiger partial charge in [-0.3, -0.25) is 4.68 Å². The van der Waals surface area contributed by atoms with Crippen molar-refractivity contribution >= 4 is 11.6 Å². The normalized spacial score (nSPS) is 19.0. The third-order valence-electron chi connectivity index (χ3n) is 4.31. The van der Waals surface area contributed by atoms with Crippen LogP contribution in [0.5, 0.6) is 5.75 Å². The van der Waals surface area contributed by atoms with Crippen LogP contribution in [0.1, 0.15) is 47.2 Å². The maximum atomic E-state index is 6.28. The molecule has 1 aromatic heterocycles. The fourth-order valence-corrected chi connectivity index (χ4v) is 3.59. The van der Waals surface area contributed by atoms with Crippen molar-refractivity contribution in [3.63, 3.8) is 0 Å². The van der Waals surface area contributed by atoms with Crippen LogP contribution in [0.4, 0.5) is 0 Å². The number of hydrogen-bond donors (Lipinski definition) is 0. The summed E-state index contributed by atoms with van der Waals surface area (Å²) in [5.74, 6) is 1.47. The molecular formula is C17H21ClN2O. The Morgan fingerprint density at radius 3 is 2.86 bits per heavy atom. The van der Waals surface area contributed by atoms with E-state index in [1.165, 1.54) is 11.3 Å². The van der Waals surface area contributed by atoms with E-state index in [1.54, 1.807) is 0 Å². The summed E-state index contributed by atoms with van der Waals surface area (Å²) in [6.45, 7) is 7.82. The van der Waals surface area contributed by atoms with Gasteiger partial charge in [-0.25, -0.2) is 0 Å². The van der Waals surface area contributed by atoms with Gasteiger partial charge in [0.2, 0.25) is 0 Å². The second-order valence-corrected chi connectivity index (χ2v) is 6.41. The highest BCUT2D eigenvalue weighted by atomic mass is 35.5. The molecular weight excluding hydrogens is 284 g/mol. The fraction of sp³-hybridized carbons (Fsp3) is 0.471. The van der Waals surface area contributed by atoms with Gasteiger partial charge in [-0.05, 0) is 38.8 Å². The number of hydrogen-bond acceptors (Lipinski definition) is 2. The highest BCUT2D eigenvalue weighted by Gasteiger charge is 2.24. The average Bonchev–Trinajstić information content (AvgIpc) is 2.74. The summed E-state index contributed by atoms with van der Waals surface area (Å²) in [5.41, 5.74) is 4.67. The van der Waals surface area contributed by atoms with Gasteiger partial charge in [-0.1, -0.05) is 18.2 Å². The van der Waals surface area contributed by atoms with E-state index in [-0.39, 0.29) is 5.38 Å². The van der Waals surface area contributed by atoms with Crippen LogP contribution in [-0.2, 0) is 6.54 Å². The molecule has 112 valence electrons. The minimum atomic E-state index is 0.000672. The van der Waals surface area contributed by atoms with Crippen LogP contribution < -0.4 is 4.74 Å². The quantitative estimate of drug-likeness (QED) is 0.788. The number of halogens is 1. The minimum absolute atomic E-state index is 0.000672. The number of fused-ring (bicyclic) bond motifs is 1. The first-order valence-electron chi connectivity index (χ1n) is 7.47. The number of benzene rings is 1. The maximum absolute atomic E-state index is 6.28.